The molecule has 114 valence electrons. The molecule has 2 rings (SSSR count). The van der Waals surface area contributed by atoms with Crippen molar-refractivity contribution in [2.45, 2.75) is 26.0 Å². The third-order valence-electron chi connectivity index (χ3n) is 3.47. The molecule has 0 spiro atoms. The van der Waals surface area contributed by atoms with Crippen LogP contribution in [0.25, 0.3) is 0 Å². The van der Waals surface area contributed by atoms with E-state index >= 15 is 0 Å². The van der Waals surface area contributed by atoms with Gasteiger partial charge in [0.2, 0.25) is 5.95 Å². The normalized spacial score (nSPS) is 20.2. The summed E-state index contributed by atoms with van der Waals surface area (Å²) in [7, 11) is 3.86. The number of aryl methyl sites for hydroxylation is 2. The molecular formula is C14H26N4O2. The Kier molecular flexibility index (Phi) is 5.82. The van der Waals surface area contributed by atoms with Crippen LogP contribution in [0.15, 0.2) is 6.20 Å². The Labute approximate surface area is 121 Å². The van der Waals surface area contributed by atoms with Gasteiger partial charge in [-0.15, -0.1) is 0 Å². The summed E-state index contributed by atoms with van der Waals surface area (Å²) in [5.74, 6) is 0.926. The maximum absolute atomic E-state index is 5.75. The first-order valence-corrected chi connectivity index (χ1v) is 7.25. The molecule has 0 aliphatic carbocycles. The molecule has 1 unspecified atom stereocenters. The second-order valence-electron chi connectivity index (χ2n) is 5.38. The number of aromatic nitrogens is 2. The highest BCUT2D eigenvalue weighted by Gasteiger charge is 2.18. The van der Waals surface area contributed by atoms with E-state index in [9.17, 15) is 0 Å². The number of methoxy groups -OCH3 is 1. The quantitative estimate of drug-likeness (QED) is 0.755. The van der Waals surface area contributed by atoms with E-state index in [2.05, 4.69) is 33.0 Å². The zero-order valence-corrected chi connectivity index (χ0v) is 12.8. The van der Waals surface area contributed by atoms with E-state index in [1.54, 1.807) is 7.11 Å². The van der Waals surface area contributed by atoms with Gasteiger partial charge in [-0.3, -0.25) is 0 Å². The molecular weight excluding hydrogens is 256 g/mol. The topological polar surface area (TPSA) is 51.5 Å². The Balaban J connectivity index is 1.84. The van der Waals surface area contributed by atoms with Gasteiger partial charge in [-0.25, -0.2) is 4.98 Å². The van der Waals surface area contributed by atoms with Crippen LogP contribution in [0, 0.1) is 6.92 Å². The van der Waals surface area contributed by atoms with Crippen molar-refractivity contribution >= 4 is 5.95 Å². The molecule has 0 amide bonds. The zero-order chi connectivity index (χ0) is 14.4. The predicted octanol–water partition coefficient (Wildman–Crippen LogP) is 0.971. The van der Waals surface area contributed by atoms with Gasteiger partial charge in [-0.1, -0.05) is 0 Å². The molecule has 1 N–H and O–H groups in total. The summed E-state index contributed by atoms with van der Waals surface area (Å²) in [5.41, 5.74) is 1.03. The van der Waals surface area contributed by atoms with Gasteiger partial charge in [0.05, 0.1) is 18.4 Å². The summed E-state index contributed by atoms with van der Waals surface area (Å²) in [6.07, 6.45) is 3.30. The Bertz CT molecular complexity index is 408. The van der Waals surface area contributed by atoms with E-state index in [1.807, 2.05) is 6.92 Å². The number of imidazole rings is 1. The minimum Gasteiger partial charge on any atom is -0.385 e. The number of hydrogen-bond acceptors (Lipinski definition) is 5. The van der Waals surface area contributed by atoms with Gasteiger partial charge in [0.1, 0.15) is 0 Å². The average Bonchev–Trinajstić information content (AvgIpc) is 2.77. The van der Waals surface area contributed by atoms with Crippen LogP contribution in [-0.4, -0.2) is 67.6 Å². The molecule has 0 radical (unpaired) electrons. The van der Waals surface area contributed by atoms with Crippen molar-refractivity contribution in [1.29, 1.82) is 0 Å². The summed E-state index contributed by atoms with van der Waals surface area (Å²) in [6.45, 7) is 7.30. The molecule has 1 aromatic rings. The summed E-state index contributed by atoms with van der Waals surface area (Å²) in [6, 6.07) is 0. The lowest BCUT2D eigenvalue weighted by atomic mass is 10.3. The van der Waals surface area contributed by atoms with Crippen LogP contribution < -0.4 is 5.32 Å². The maximum atomic E-state index is 5.75. The van der Waals surface area contributed by atoms with Crippen molar-refractivity contribution < 1.29 is 9.47 Å². The lowest BCUT2D eigenvalue weighted by Crippen LogP contribution is -2.43. The molecule has 0 bridgehead atoms. The van der Waals surface area contributed by atoms with Crippen molar-refractivity contribution in [1.82, 2.24) is 14.5 Å². The van der Waals surface area contributed by atoms with Gasteiger partial charge in [-0.2, -0.15) is 0 Å². The molecule has 1 fully saturated rings. The number of anilines is 1. The van der Waals surface area contributed by atoms with Crippen molar-refractivity contribution in [3.63, 3.8) is 0 Å². The first kappa shape index (κ1) is 15.3. The first-order valence-electron chi connectivity index (χ1n) is 7.25. The molecule has 0 saturated carbocycles. The molecule has 1 atom stereocenters. The van der Waals surface area contributed by atoms with E-state index in [0.717, 1.165) is 57.5 Å². The minimum atomic E-state index is 0.234. The minimum absolute atomic E-state index is 0.234. The number of morpholine rings is 1. The van der Waals surface area contributed by atoms with Gasteiger partial charge >= 0.3 is 0 Å². The summed E-state index contributed by atoms with van der Waals surface area (Å²) < 4.78 is 13.0. The standard InChI is InChI=1S/C14H26N4O2/c1-12-10-18(5-4-7-19-3)14(16-12)15-9-13-11-17(2)6-8-20-13/h10,13H,4-9,11H2,1-3H3,(H,15,16). The molecule has 1 aromatic heterocycles. The van der Waals surface area contributed by atoms with E-state index in [1.165, 1.54) is 0 Å². The smallest absolute Gasteiger partial charge is 0.203 e. The van der Waals surface area contributed by atoms with Gasteiger partial charge < -0.3 is 24.3 Å². The molecule has 2 heterocycles. The third-order valence-corrected chi connectivity index (χ3v) is 3.47. The number of nitrogens with zero attached hydrogens (tertiary/aromatic N) is 3. The van der Waals surface area contributed by atoms with Crippen molar-refractivity contribution in [3.8, 4) is 0 Å². The van der Waals surface area contributed by atoms with Crippen molar-refractivity contribution in [2.24, 2.45) is 0 Å². The predicted molar refractivity (Wildman–Crippen MR) is 79.2 cm³/mol. The van der Waals surface area contributed by atoms with Crippen LogP contribution in [0.3, 0.4) is 0 Å². The van der Waals surface area contributed by atoms with E-state index in [4.69, 9.17) is 9.47 Å². The Morgan fingerprint density at radius 2 is 2.40 bits per heavy atom. The van der Waals surface area contributed by atoms with Gasteiger partial charge in [0, 0.05) is 46.1 Å². The molecule has 1 aliphatic rings. The van der Waals surface area contributed by atoms with Crippen LogP contribution in [-0.2, 0) is 16.0 Å². The number of hydrogen-bond donors (Lipinski definition) is 1. The fourth-order valence-electron chi connectivity index (χ4n) is 2.43. The number of rotatable bonds is 7. The zero-order valence-electron chi connectivity index (χ0n) is 12.8. The highest BCUT2D eigenvalue weighted by atomic mass is 16.5. The summed E-state index contributed by atoms with van der Waals surface area (Å²) in [5, 5.41) is 3.41. The largest absolute Gasteiger partial charge is 0.385 e. The molecule has 20 heavy (non-hydrogen) atoms. The fourth-order valence-corrected chi connectivity index (χ4v) is 2.43. The second-order valence-corrected chi connectivity index (χ2v) is 5.38. The number of ether oxygens (including phenoxy) is 2. The number of nitrogens with one attached hydrogen (secondary N) is 1. The van der Waals surface area contributed by atoms with Crippen molar-refractivity contribution in [2.75, 3.05) is 52.3 Å². The summed E-state index contributed by atoms with van der Waals surface area (Å²) >= 11 is 0. The van der Waals surface area contributed by atoms with Crippen LogP contribution in [0.2, 0.25) is 0 Å². The van der Waals surface area contributed by atoms with E-state index in [0.29, 0.717) is 0 Å². The molecule has 6 heteroatoms. The van der Waals surface area contributed by atoms with Gasteiger partial charge in [0.15, 0.2) is 0 Å². The van der Waals surface area contributed by atoms with Crippen molar-refractivity contribution in [3.05, 3.63) is 11.9 Å². The van der Waals surface area contributed by atoms with E-state index in [-0.39, 0.29) is 6.10 Å². The number of likely N-dealkylation sites (N-methyl/N-ethyl adjacent to an activating group) is 1. The monoisotopic (exact) mass is 282 g/mol. The lowest BCUT2D eigenvalue weighted by Gasteiger charge is -2.30. The Morgan fingerprint density at radius 1 is 1.55 bits per heavy atom. The first-order chi connectivity index (χ1) is 9.69. The Morgan fingerprint density at radius 3 is 3.15 bits per heavy atom. The van der Waals surface area contributed by atoms with Gasteiger partial charge in [-0.05, 0) is 20.4 Å². The maximum Gasteiger partial charge on any atom is 0.203 e. The highest BCUT2D eigenvalue weighted by molar-refractivity contribution is 5.29. The SMILES string of the molecule is COCCCn1cc(C)nc1NCC1CN(C)CCO1. The molecule has 0 aromatic carbocycles. The third kappa shape index (κ3) is 4.47. The van der Waals surface area contributed by atoms with Crippen LogP contribution in [0.4, 0.5) is 5.95 Å². The van der Waals surface area contributed by atoms with Gasteiger partial charge in [0.25, 0.3) is 0 Å². The van der Waals surface area contributed by atoms with Crippen LogP contribution in [0.5, 0.6) is 0 Å². The highest BCUT2D eigenvalue weighted by Crippen LogP contribution is 2.11. The average molecular weight is 282 g/mol. The molecule has 1 aliphatic heterocycles. The van der Waals surface area contributed by atoms with E-state index < -0.39 is 0 Å². The lowest BCUT2D eigenvalue weighted by molar-refractivity contribution is -0.0118. The second kappa shape index (κ2) is 7.61. The van der Waals surface area contributed by atoms with Crippen LogP contribution >= 0.6 is 0 Å². The molecule has 6 nitrogen and oxygen atoms in total. The fraction of sp³-hybridized carbons (Fsp3) is 0.786. The Hall–Kier alpha value is -1.11. The summed E-state index contributed by atoms with van der Waals surface area (Å²) in [4.78, 5) is 6.83. The van der Waals surface area contributed by atoms with Crippen LogP contribution in [0.1, 0.15) is 12.1 Å². The molecule has 1 saturated heterocycles.